The van der Waals surface area contributed by atoms with E-state index in [0.29, 0.717) is 16.5 Å². The first-order valence-electron chi connectivity index (χ1n) is 5.93. The molecule has 1 amide bonds. The summed E-state index contributed by atoms with van der Waals surface area (Å²) in [5.41, 5.74) is 0.637. The molecule has 1 heterocycles. The summed E-state index contributed by atoms with van der Waals surface area (Å²) in [6.45, 7) is -0.431. The maximum Gasteiger partial charge on any atom is 0.341 e. The lowest BCUT2D eigenvalue weighted by atomic mass is 10.3. The van der Waals surface area contributed by atoms with Crippen LogP contribution in [-0.4, -0.2) is 25.6 Å². The van der Waals surface area contributed by atoms with Gasteiger partial charge in [-0.15, -0.1) is 0 Å². The monoisotopic (exact) mass is 309 g/mol. The Hall–Kier alpha value is -2.47. The summed E-state index contributed by atoms with van der Waals surface area (Å²) in [6, 6.07) is 6.24. The van der Waals surface area contributed by atoms with Crippen LogP contribution in [0.25, 0.3) is 0 Å². The van der Waals surface area contributed by atoms with Crippen molar-refractivity contribution in [2.75, 3.05) is 19.0 Å². The number of anilines is 1. The molecule has 0 saturated heterocycles. The molecule has 1 N–H and O–H groups in total. The van der Waals surface area contributed by atoms with Crippen molar-refractivity contribution < 1.29 is 23.5 Å². The van der Waals surface area contributed by atoms with Crippen LogP contribution in [0, 0.1) is 0 Å². The molecule has 0 unspecified atom stereocenters. The van der Waals surface area contributed by atoms with E-state index in [-0.39, 0.29) is 5.56 Å². The highest BCUT2D eigenvalue weighted by atomic mass is 35.5. The van der Waals surface area contributed by atoms with Crippen molar-refractivity contribution in [2.24, 2.45) is 0 Å². The van der Waals surface area contributed by atoms with Crippen molar-refractivity contribution >= 4 is 29.2 Å². The number of furan rings is 1. The van der Waals surface area contributed by atoms with Gasteiger partial charge in [-0.2, -0.15) is 0 Å². The summed E-state index contributed by atoms with van der Waals surface area (Å²) in [7, 11) is 1.47. The van der Waals surface area contributed by atoms with Crippen LogP contribution in [0.1, 0.15) is 10.4 Å². The van der Waals surface area contributed by atoms with Crippen LogP contribution in [-0.2, 0) is 9.53 Å². The molecule has 0 fully saturated rings. The molecule has 21 heavy (non-hydrogen) atoms. The molecular weight excluding hydrogens is 298 g/mol. The van der Waals surface area contributed by atoms with Gasteiger partial charge in [0.25, 0.3) is 5.91 Å². The summed E-state index contributed by atoms with van der Waals surface area (Å²) in [4.78, 5) is 23.3. The fraction of sp³-hybridized carbons (Fsp3) is 0.143. The first-order valence-corrected chi connectivity index (χ1v) is 6.30. The Morgan fingerprint density at radius 3 is 2.81 bits per heavy atom. The van der Waals surface area contributed by atoms with Gasteiger partial charge in [-0.05, 0) is 24.3 Å². The molecule has 7 heteroatoms. The third-order valence-corrected chi connectivity index (χ3v) is 2.76. The first-order chi connectivity index (χ1) is 10.1. The van der Waals surface area contributed by atoms with E-state index < -0.39 is 18.5 Å². The predicted octanol–water partition coefficient (Wildman–Crippen LogP) is 2.74. The first kappa shape index (κ1) is 14.9. The van der Waals surface area contributed by atoms with E-state index in [9.17, 15) is 9.59 Å². The SMILES string of the molecule is COc1ccc(Cl)cc1NC(=O)COC(=O)c1ccoc1. The predicted molar refractivity (Wildman–Crippen MR) is 75.6 cm³/mol. The maximum absolute atomic E-state index is 11.8. The zero-order chi connectivity index (χ0) is 15.2. The number of hydrogen-bond acceptors (Lipinski definition) is 5. The number of amides is 1. The number of esters is 1. The van der Waals surface area contributed by atoms with Crippen LogP contribution in [0.5, 0.6) is 5.75 Å². The summed E-state index contributed by atoms with van der Waals surface area (Å²) in [5, 5.41) is 3.00. The molecular formula is C14H12ClNO5. The Labute approximate surface area is 125 Å². The van der Waals surface area contributed by atoms with Crippen LogP contribution in [0.15, 0.2) is 41.2 Å². The Bertz CT molecular complexity index is 639. The van der Waals surface area contributed by atoms with Crippen molar-refractivity contribution in [1.82, 2.24) is 0 Å². The molecule has 0 aliphatic carbocycles. The fourth-order valence-corrected chi connectivity index (χ4v) is 1.73. The van der Waals surface area contributed by atoms with E-state index in [4.69, 9.17) is 25.5 Å². The van der Waals surface area contributed by atoms with Gasteiger partial charge in [0.1, 0.15) is 12.0 Å². The van der Waals surface area contributed by atoms with Crippen molar-refractivity contribution in [2.45, 2.75) is 0 Å². The standard InChI is InChI=1S/C14H12ClNO5/c1-19-12-3-2-10(15)6-11(12)16-13(17)8-21-14(18)9-4-5-20-7-9/h2-7H,8H2,1H3,(H,16,17). The molecule has 110 valence electrons. The molecule has 0 atom stereocenters. The van der Waals surface area contributed by atoms with Crippen molar-refractivity contribution in [3.05, 3.63) is 47.4 Å². The van der Waals surface area contributed by atoms with Crippen LogP contribution in [0.3, 0.4) is 0 Å². The quantitative estimate of drug-likeness (QED) is 0.859. The second-order valence-electron chi connectivity index (χ2n) is 3.98. The third-order valence-electron chi connectivity index (χ3n) is 2.53. The Morgan fingerprint density at radius 2 is 2.14 bits per heavy atom. The minimum absolute atomic E-state index is 0.239. The number of nitrogens with one attached hydrogen (secondary N) is 1. The van der Waals surface area contributed by atoms with Gasteiger partial charge in [0.05, 0.1) is 24.6 Å². The highest BCUT2D eigenvalue weighted by molar-refractivity contribution is 6.31. The zero-order valence-electron chi connectivity index (χ0n) is 11.1. The number of ether oxygens (including phenoxy) is 2. The molecule has 1 aromatic carbocycles. The van der Waals surface area contributed by atoms with Gasteiger partial charge in [0.2, 0.25) is 0 Å². The number of halogens is 1. The van der Waals surface area contributed by atoms with Crippen LogP contribution >= 0.6 is 11.6 Å². The lowest BCUT2D eigenvalue weighted by molar-refractivity contribution is -0.119. The number of benzene rings is 1. The molecule has 0 saturated carbocycles. The summed E-state index contributed by atoms with van der Waals surface area (Å²) in [5.74, 6) is -0.696. The smallest absolute Gasteiger partial charge is 0.341 e. The van der Waals surface area contributed by atoms with E-state index in [1.54, 1.807) is 12.1 Å². The number of rotatable bonds is 5. The molecule has 2 rings (SSSR count). The highest BCUT2D eigenvalue weighted by Crippen LogP contribution is 2.27. The van der Waals surface area contributed by atoms with Gasteiger partial charge < -0.3 is 19.2 Å². The Morgan fingerprint density at radius 1 is 1.33 bits per heavy atom. The largest absolute Gasteiger partial charge is 0.495 e. The summed E-state index contributed by atoms with van der Waals surface area (Å²) < 4.78 is 14.7. The van der Waals surface area contributed by atoms with E-state index in [1.165, 1.54) is 31.8 Å². The number of methoxy groups -OCH3 is 1. The molecule has 0 aliphatic rings. The van der Waals surface area contributed by atoms with E-state index >= 15 is 0 Å². The third kappa shape index (κ3) is 4.00. The molecule has 1 aromatic heterocycles. The van der Waals surface area contributed by atoms with Crippen molar-refractivity contribution in [1.29, 1.82) is 0 Å². The molecule has 6 nitrogen and oxygen atoms in total. The molecule has 0 bridgehead atoms. The Kier molecular flexibility index (Phi) is 4.84. The van der Waals surface area contributed by atoms with Gasteiger partial charge in [-0.1, -0.05) is 11.6 Å². The summed E-state index contributed by atoms with van der Waals surface area (Å²) in [6.07, 6.45) is 2.58. The van der Waals surface area contributed by atoms with Crippen LogP contribution < -0.4 is 10.1 Å². The van der Waals surface area contributed by atoms with Crippen molar-refractivity contribution in [3.8, 4) is 5.75 Å². The topological polar surface area (TPSA) is 77.8 Å². The van der Waals surface area contributed by atoms with E-state index in [1.807, 2.05) is 0 Å². The van der Waals surface area contributed by atoms with Gasteiger partial charge in [0, 0.05) is 5.02 Å². The van der Waals surface area contributed by atoms with Gasteiger partial charge in [-0.25, -0.2) is 4.79 Å². The molecule has 0 spiro atoms. The molecule has 2 aromatic rings. The van der Waals surface area contributed by atoms with Crippen molar-refractivity contribution in [3.63, 3.8) is 0 Å². The number of hydrogen-bond donors (Lipinski definition) is 1. The average Bonchev–Trinajstić information content (AvgIpc) is 2.99. The average molecular weight is 310 g/mol. The molecule has 0 radical (unpaired) electrons. The Balaban J connectivity index is 1.93. The van der Waals surface area contributed by atoms with Crippen LogP contribution in [0.4, 0.5) is 5.69 Å². The minimum Gasteiger partial charge on any atom is -0.495 e. The van der Waals surface area contributed by atoms with E-state index in [2.05, 4.69) is 5.32 Å². The van der Waals surface area contributed by atoms with E-state index in [0.717, 1.165) is 0 Å². The normalized spacial score (nSPS) is 10.0. The highest BCUT2D eigenvalue weighted by Gasteiger charge is 2.13. The maximum atomic E-state index is 11.8. The van der Waals surface area contributed by atoms with Crippen LogP contribution in [0.2, 0.25) is 5.02 Å². The number of carbonyl (C=O) groups excluding carboxylic acids is 2. The zero-order valence-corrected chi connectivity index (χ0v) is 11.8. The van der Waals surface area contributed by atoms with Gasteiger partial charge in [0.15, 0.2) is 6.61 Å². The van der Waals surface area contributed by atoms with Gasteiger partial charge in [-0.3, -0.25) is 4.79 Å². The second kappa shape index (κ2) is 6.81. The molecule has 0 aliphatic heterocycles. The second-order valence-corrected chi connectivity index (χ2v) is 4.42. The summed E-state index contributed by atoms with van der Waals surface area (Å²) >= 11 is 5.85. The lowest BCUT2D eigenvalue weighted by Crippen LogP contribution is -2.21. The minimum atomic E-state index is -0.642. The fourth-order valence-electron chi connectivity index (χ4n) is 1.56. The number of carbonyl (C=O) groups is 2. The lowest BCUT2D eigenvalue weighted by Gasteiger charge is -2.10. The van der Waals surface area contributed by atoms with Gasteiger partial charge >= 0.3 is 5.97 Å².